The molecule has 3 nitrogen and oxygen atoms in total. The molecule has 1 heterocycles. The van der Waals surface area contributed by atoms with E-state index in [0.717, 1.165) is 22.5 Å². The van der Waals surface area contributed by atoms with Gasteiger partial charge in [0.25, 0.3) is 0 Å². The largest absolute Gasteiger partial charge is 0.381 e. The van der Waals surface area contributed by atoms with Gasteiger partial charge in [0.1, 0.15) is 6.07 Å². The number of benzene rings is 1. The molecule has 0 bridgehead atoms. The SMILES string of the molecule is CC(Nc1c(C#N)cnc2ccccc12)C1CCC1. The first-order valence-electron chi connectivity index (χ1n) is 6.84. The minimum Gasteiger partial charge on any atom is -0.381 e. The molecule has 1 aromatic carbocycles. The Bertz CT molecular complexity index is 638. The topological polar surface area (TPSA) is 48.7 Å². The summed E-state index contributed by atoms with van der Waals surface area (Å²) in [6.45, 7) is 2.21. The van der Waals surface area contributed by atoms with Gasteiger partial charge in [0.05, 0.1) is 16.8 Å². The van der Waals surface area contributed by atoms with Crippen molar-refractivity contribution in [1.82, 2.24) is 4.98 Å². The molecule has 1 aliphatic carbocycles. The summed E-state index contributed by atoms with van der Waals surface area (Å²) in [5.41, 5.74) is 2.50. The van der Waals surface area contributed by atoms with Gasteiger partial charge in [-0.15, -0.1) is 0 Å². The average molecular weight is 251 g/mol. The van der Waals surface area contributed by atoms with E-state index in [4.69, 9.17) is 0 Å². The highest BCUT2D eigenvalue weighted by Crippen LogP contribution is 2.33. The van der Waals surface area contributed by atoms with Crippen LogP contribution in [0, 0.1) is 17.2 Å². The first kappa shape index (κ1) is 12.0. The normalized spacial score (nSPS) is 16.6. The number of nitriles is 1. The lowest BCUT2D eigenvalue weighted by Crippen LogP contribution is -2.31. The third kappa shape index (κ3) is 2.15. The number of nitrogens with zero attached hydrogens (tertiary/aromatic N) is 2. The van der Waals surface area contributed by atoms with Gasteiger partial charge in [0.15, 0.2) is 0 Å². The van der Waals surface area contributed by atoms with Crippen LogP contribution in [-0.2, 0) is 0 Å². The molecule has 1 saturated carbocycles. The van der Waals surface area contributed by atoms with Crippen molar-refractivity contribution in [2.45, 2.75) is 32.2 Å². The van der Waals surface area contributed by atoms with Crippen LogP contribution >= 0.6 is 0 Å². The van der Waals surface area contributed by atoms with Crippen molar-refractivity contribution in [3.05, 3.63) is 36.0 Å². The summed E-state index contributed by atoms with van der Waals surface area (Å²) in [4.78, 5) is 4.34. The number of fused-ring (bicyclic) bond motifs is 1. The number of para-hydroxylation sites is 1. The Labute approximate surface area is 113 Å². The summed E-state index contributed by atoms with van der Waals surface area (Å²) < 4.78 is 0. The number of nitrogens with one attached hydrogen (secondary N) is 1. The second kappa shape index (κ2) is 4.89. The highest BCUT2D eigenvalue weighted by atomic mass is 14.9. The zero-order valence-corrected chi connectivity index (χ0v) is 11.1. The predicted molar refractivity (Wildman–Crippen MR) is 76.9 cm³/mol. The van der Waals surface area contributed by atoms with Crippen LogP contribution in [0.15, 0.2) is 30.5 Å². The van der Waals surface area contributed by atoms with Gasteiger partial charge < -0.3 is 5.32 Å². The molecule has 2 aromatic rings. The van der Waals surface area contributed by atoms with E-state index in [2.05, 4.69) is 23.3 Å². The third-order valence-corrected chi connectivity index (χ3v) is 4.12. The van der Waals surface area contributed by atoms with Crippen LogP contribution in [0.5, 0.6) is 0 Å². The standard InChI is InChI=1S/C16H17N3/c1-11(12-5-4-6-12)19-16-13(9-17)10-18-15-8-3-2-7-14(15)16/h2-3,7-8,10-12H,4-6H2,1H3,(H,18,19). The summed E-state index contributed by atoms with van der Waals surface area (Å²) in [6, 6.07) is 10.6. The average Bonchev–Trinajstić information content (AvgIpc) is 2.37. The fourth-order valence-electron chi connectivity index (χ4n) is 2.67. The van der Waals surface area contributed by atoms with Gasteiger partial charge in [-0.1, -0.05) is 24.6 Å². The maximum atomic E-state index is 9.27. The Balaban J connectivity index is 2.02. The van der Waals surface area contributed by atoms with Crippen molar-refractivity contribution in [2.24, 2.45) is 5.92 Å². The van der Waals surface area contributed by atoms with E-state index in [-0.39, 0.29) is 0 Å². The number of hydrogen-bond donors (Lipinski definition) is 1. The first-order valence-corrected chi connectivity index (χ1v) is 6.84. The molecule has 3 rings (SSSR count). The van der Waals surface area contributed by atoms with Gasteiger partial charge in [0.2, 0.25) is 0 Å². The van der Waals surface area contributed by atoms with Crippen molar-refractivity contribution in [2.75, 3.05) is 5.32 Å². The number of pyridine rings is 1. The lowest BCUT2D eigenvalue weighted by molar-refractivity contribution is 0.285. The molecular weight excluding hydrogens is 234 g/mol. The van der Waals surface area contributed by atoms with E-state index in [9.17, 15) is 5.26 Å². The Hall–Kier alpha value is -2.08. The summed E-state index contributed by atoms with van der Waals surface area (Å²) in [6.07, 6.45) is 5.58. The molecular formula is C16H17N3. The molecule has 1 aromatic heterocycles. The molecule has 3 heteroatoms. The molecule has 0 saturated heterocycles. The molecule has 1 unspecified atom stereocenters. The summed E-state index contributed by atoms with van der Waals surface area (Å²) in [7, 11) is 0. The quantitative estimate of drug-likeness (QED) is 0.904. The van der Waals surface area contributed by atoms with Crippen molar-refractivity contribution >= 4 is 16.6 Å². The lowest BCUT2D eigenvalue weighted by Gasteiger charge is -2.33. The molecule has 1 aliphatic rings. The maximum Gasteiger partial charge on any atom is 0.103 e. The lowest BCUT2D eigenvalue weighted by atomic mass is 9.80. The maximum absolute atomic E-state index is 9.27. The van der Waals surface area contributed by atoms with Crippen molar-refractivity contribution in [1.29, 1.82) is 5.26 Å². The van der Waals surface area contributed by atoms with E-state index in [1.165, 1.54) is 19.3 Å². The van der Waals surface area contributed by atoms with Gasteiger partial charge in [0, 0.05) is 17.6 Å². The number of hydrogen-bond acceptors (Lipinski definition) is 3. The Morgan fingerprint density at radius 2 is 2.16 bits per heavy atom. The van der Waals surface area contributed by atoms with E-state index in [1.807, 2.05) is 24.3 Å². The fraction of sp³-hybridized carbons (Fsp3) is 0.375. The van der Waals surface area contributed by atoms with Crippen molar-refractivity contribution < 1.29 is 0 Å². The predicted octanol–water partition coefficient (Wildman–Crippen LogP) is 3.71. The van der Waals surface area contributed by atoms with Gasteiger partial charge in [-0.3, -0.25) is 4.98 Å². The van der Waals surface area contributed by atoms with Crippen LogP contribution in [0.25, 0.3) is 10.9 Å². The highest BCUT2D eigenvalue weighted by Gasteiger charge is 2.24. The minimum absolute atomic E-state index is 0.409. The zero-order valence-electron chi connectivity index (χ0n) is 11.1. The van der Waals surface area contributed by atoms with Crippen LogP contribution in [0.3, 0.4) is 0 Å². The summed E-state index contributed by atoms with van der Waals surface area (Å²) in [5.74, 6) is 0.735. The monoisotopic (exact) mass is 251 g/mol. The molecule has 1 atom stereocenters. The van der Waals surface area contributed by atoms with Gasteiger partial charge >= 0.3 is 0 Å². The van der Waals surface area contributed by atoms with Gasteiger partial charge in [-0.05, 0) is 31.7 Å². The molecule has 96 valence electrons. The number of anilines is 1. The third-order valence-electron chi connectivity index (χ3n) is 4.12. The van der Waals surface area contributed by atoms with Gasteiger partial charge in [-0.2, -0.15) is 5.26 Å². The van der Waals surface area contributed by atoms with Crippen molar-refractivity contribution in [3.63, 3.8) is 0 Å². The second-order valence-electron chi connectivity index (χ2n) is 5.30. The Morgan fingerprint density at radius 1 is 1.37 bits per heavy atom. The molecule has 0 amide bonds. The number of rotatable bonds is 3. The van der Waals surface area contributed by atoms with Crippen LogP contribution in [0.4, 0.5) is 5.69 Å². The van der Waals surface area contributed by atoms with Crippen LogP contribution in [-0.4, -0.2) is 11.0 Å². The molecule has 0 radical (unpaired) electrons. The highest BCUT2D eigenvalue weighted by molar-refractivity contribution is 5.93. The van der Waals surface area contributed by atoms with E-state index >= 15 is 0 Å². The molecule has 19 heavy (non-hydrogen) atoms. The Kier molecular flexibility index (Phi) is 3.08. The molecule has 0 spiro atoms. The Morgan fingerprint density at radius 3 is 2.84 bits per heavy atom. The van der Waals surface area contributed by atoms with Crippen LogP contribution in [0.2, 0.25) is 0 Å². The first-order chi connectivity index (χ1) is 9.29. The van der Waals surface area contributed by atoms with Gasteiger partial charge in [-0.25, -0.2) is 0 Å². The zero-order chi connectivity index (χ0) is 13.2. The van der Waals surface area contributed by atoms with E-state index < -0.39 is 0 Å². The summed E-state index contributed by atoms with van der Waals surface area (Å²) in [5, 5.41) is 13.8. The molecule has 0 aliphatic heterocycles. The van der Waals surface area contributed by atoms with E-state index in [1.54, 1.807) is 6.20 Å². The molecule has 1 fully saturated rings. The summed E-state index contributed by atoms with van der Waals surface area (Å²) >= 11 is 0. The minimum atomic E-state index is 0.409. The second-order valence-corrected chi connectivity index (χ2v) is 5.30. The smallest absolute Gasteiger partial charge is 0.103 e. The van der Waals surface area contributed by atoms with Crippen molar-refractivity contribution in [3.8, 4) is 6.07 Å². The van der Waals surface area contributed by atoms with E-state index in [0.29, 0.717) is 11.6 Å². The number of aromatic nitrogens is 1. The fourth-order valence-corrected chi connectivity index (χ4v) is 2.67. The van der Waals surface area contributed by atoms with Crippen LogP contribution in [0.1, 0.15) is 31.7 Å². The van der Waals surface area contributed by atoms with Crippen LogP contribution < -0.4 is 5.32 Å². The molecule has 1 N–H and O–H groups in total.